The van der Waals surface area contributed by atoms with E-state index in [1.807, 2.05) is 0 Å². The first-order valence-corrected chi connectivity index (χ1v) is 11.3. The predicted molar refractivity (Wildman–Crippen MR) is 122 cm³/mol. The van der Waals surface area contributed by atoms with Crippen LogP contribution in [-0.4, -0.2) is 58.4 Å². The van der Waals surface area contributed by atoms with Crippen molar-refractivity contribution in [1.82, 2.24) is 5.32 Å². The van der Waals surface area contributed by atoms with Crippen molar-refractivity contribution in [2.45, 2.75) is 91.6 Å². The molecule has 0 aromatic rings. The molecular formula is C24H47NO5. The first-order valence-electron chi connectivity index (χ1n) is 11.3. The lowest BCUT2D eigenvalue weighted by molar-refractivity contribution is -0.263. The summed E-state index contributed by atoms with van der Waals surface area (Å²) in [7, 11) is 3.42. The van der Waals surface area contributed by atoms with Gasteiger partial charge in [0.2, 0.25) is 6.41 Å². The summed E-state index contributed by atoms with van der Waals surface area (Å²) in [5.74, 6) is 0.0260. The van der Waals surface area contributed by atoms with Gasteiger partial charge in [-0.3, -0.25) is 4.79 Å². The molecule has 2 saturated heterocycles. The fourth-order valence-electron chi connectivity index (χ4n) is 3.39. The topological polar surface area (TPSA) is 66.0 Å². The summed E-state index contributed by atoms with van der Waals surface area (Å²) in [6, 6.07) is 0. The first kappa shape index (κ1) is 29.1. The molecule has 4 atom stereocenters. The third-order valence-corrected chi connectivity index (χ3v) is 5.85. The SMILES string of the molecule is C=C1C[C@@](CC)(OC)OC(C)C1C.CC1(C)CCC(CNC=O)OC1.CCCOC. The highest BCUT2D eigenvalue weighted by Gasteiger charge is 2.39. The van der Waals surface area contributed by atoms with Gasteiger partial charge >= 0.3 is 0 Å². The molecule has 2 fully saturated rings. The van der Waals surface area contributed by atoms with Gasteiger partial charge in [0, 0.05) is 39.7 Å². The molecule has 0 aliphatic carbocycles. The second-order valence-corrected chi connectivity index (χ2v) is 9.07. The second-order valence-electron chi connectivity index (χ2n) is 9.07. The summed E-state index contributed by atoms with van der Waals surface area (Å²) in [5, 5.41) is 2.64. The Labute approximate surface area is 185 Å². The van der Waals surface area contributed by atoms with E-state index in [2.05, 4.69) is 53.4 Å². The Morgan fingerprint density at radius 1 is 1.27 bits per heavy atom. The molecule has 1 N–H and O–H groups in total. The number of amides is 1. The largest absolute Gasteiger partial charge is 0.385 e. The number of hydrogen-bond donors (Lipinski definition) is 1. The van der Waals surface area contributed by atoms with Crippen molar-refractivity contribution < 1.29 is 23.7 Å². The van der Waals surface area contributed by atoms with Gasteiger partial charge in [-0.15, -0.1) is 0 Å². The summed E-state index contributed by atoms with van der Waals surface area (Å²) in [6.07, 6.45) is 6.21. The van der Waals surface area contributed by atoms with Crippen LogP contribution in [0.4, 0.5) is 0 Å². The van der Waals surface area contributed by atoms with Gasteiger partial charge in [0.15, 0.2) is 5.79 Å². The number of rotatable bonds is 7. The molecule has 0 radical (unpaired) electrons. The van der Waals surface area contributed by atoms with E-state index in [-0.39, 0.29) is 12.2 Å². The number of methoxy groups -OCH3 is 2. The summed E-state index contributed by atoms with van der Waals surface area (Å²) < 4.78 is 21.6. The van der Waals surface area contributed by atoms with Crippen LogP contribution >= 0.6 is 0 Å². The van der Waals surface area contributed by atoms with Crippen molar-refractivity contribution in [3.63, 3.8) is 0 Å². The molecule has 2 aliphatic rings. The van der Waals surface area contributed by atoms with E-state index >= 15 is 0 Å². The number of nitrogens with one attached hydrogen (secondary N) is 1. The number of carbonyl (C=O) groups is 1. The maximum atomic E-state index is 10.0. The van der Waals surface area contributed by atoms with Gasteiger partial charge in [-0.2, -0.15) is 0 Å². The molecule has 6 nitrogen and oxygen atoms in total. The molecule has 2 aliphatic heterocycles. The van der Waals surface area contributed by atoms with Crippen LogP contribution in [0.1, 0.15) is 73.6 Å². The van der Waals surface area contributed by atoms with Crippen LogP contribution in [0, 0.1) is 11.3 Å². The molecule has 1 amide bonds. The Morgan fingerprint density at radius 3 is 2.30 bits per heavy atom. The van der Waals surface area contributed by atoms with Gasteiger partial charge in [-0.25, -0.2) is 0 Å². The van der Waals surface area contributed by atoms with Gasteiger partial charge in [0.05, 0.1) is 18.8 Å². The molecule has 2 rings (SSSR count). The van der Waals surface area contributed by atoms with E-state index in [1.54, 1.807) is 14.2 Å². The molecule has 6 heteroatoms. The predicted octanol–water partition coefficient (Wildman–Crippen LogP) is 4.72. The van der Waals surface area contributed by atoms with Crippen LogP contribution in [0.2, 0.25) is 0 Å². The summed E-state index contributed by atoms with van der Waals surface area (Å²) in [4.78, 5) is 10.0. The quantitative estimate of drug-likeness (QED) is 0.468. The Kier molecular flexibility index (Phi) is 14.5. The van der Waals surface area contributed by atoms with Crippen LogP contribution in [-0.2, 0) is 23.7 Å². The molecule has 30 heavy (non-hydrogen) atoms. The highest BCUT2D eigenvalue weighted by Crippen LogP contribution is 2.37. The zero-order chi connectivity index (χ0) is 23.2. The highest BCUT2D eigenvalue weighted by atomic mass is 16.7. The second kappa shape index (κ2) is 15.0. The zero-order valence-corrected chi connectivity index (χ0v) is 20.7. The normalized spacial score (nSPS) is 30.3. The lowest BCUT2D eigenvalue weighted by atomic mass is 9.85. The van der Waals surface area contributed by atoms with Crippen molar-refractivity contribution >= 4 is 6.41 Å². The van der Waals surface area contributed by atoms with Crippen LogP contribution in [0.3, 0.4) is 0 Å². The molecule has 3 unspecified atom stereocenters. The fraction of sp³-hybridized carbons (Fsp3) is 0.875. The first-order chi connectivity index (χ1) is 14.1. The molecular weight excluding hydrogens is 382 g/mol. The molecule has 2 heterocycles. The average molecular weight is 430 g/mol. The molecule has 0 aromatic heterocycles. The summed E-state index contributed by atoms with van der Waals surface area (Å²) in [5.41, 5.74) is 1.56. The number of ether oxygens (including phenoxy) is 4. The third-order valence-electron chi connectivity index (χ3n) is 5.85. The zero-order valence-electron chi connectivity index (χ0n) is 20.7. The Bertz CT molecular complexity index is 464. The van der Waals surface area contributed by atoms with E-state index in [4.69, 9.17) is 18.9 Å². The lowest BCUT2D eigenvalue weighted by Crippen LogP contribution is -2.45. The van der Waals surface area contributed by atoms with E-state index in [0.717, 1.165) is 45.3 Å². The monoisotopic (exact) mass is 429 g/mol. The van der Waals surface area contributed by atoms with Gasteiger partial charge in [0.1, 0.15) is 0 Å². The maximum Gasteiger partial charge on any atom is 0.207 e. The van der Waals surface area contributed by atoms with Crippen molar-refractivity contribution in [2.24, 2.45) is 11.3 Å². The fourth-order valence-corrected chi connectivity index (χ4v) is 3.39. The average Bonchev–Trinajstić information content (AvgIpc) is 2.72. The molecule has 0 bridgehead atoms. The summed E-state index contributed by atoms with van der Waals surface area (Å²) in [6.45, 7) is 19.2. The number of carbonyl (C=O) groups excluding carboxylic acids is 1. The standard InChI is InChI=1S/C11H20O2.C9H17NO2.C4H10O/c1-6-11(12-5)7-8(2)9(3)10(4)13-11;1-9(2)4-3-8(12-6-9)5-10-7-11;1-3-4-5-2/h9-10H,2,6-7H2,1,3-5H3;7-8H,3-6H2,1-2H3,(H,10,11);3-4H2,1-2H3/t9?,10?,11-;;/m0../s1. The van der Waals surface area contributed by atoms with Crippen molar-refractivity contribution in [3.8, 4) is 0 Å². The molecule has 178 valence electrons. The van der Waals surface area contributed by atoms with Crippen molar-refractivity contribution in [2.75, 3.05) is 34.0 Å². The minimum absolute atomic E-state index is 0.209. The maximum absolute atomic E-state index is 10.0. The van der Waals surface area contributed by atoms with E-state index < -0.39 is 5.79 Å². The smallest absolute Gasteiger partial charge is 0.207 e. The Hall–Kier alpha value is -0.950. The number of hydrogen-bond acceptors (Lipinski definition) is 5. The van der Waals surface area contributed by atoms with Crippen LogP contribution < -0.4 is 5.32 Å². The third kappa shape index (κ3) is 10.9. The van der Waals surface area contributed by atoms with Gasteiger partial charge < -0.3 is 24.3 Å². The molecule has 0 aromatic carbocycles. The van der Waals surface area contributed by atoms with Crippen LogP contribution in [0.25, 0.3) is 0 Å². The van der Waals surface area contributed by atoms with Gasteiger partial charge in [-0.05, 0) is 38.0 Å². The van der Waals surface area contributed by atoms with Crippen LogP contribution in [0.5, 0.6) is 0 Å². The van der Waals surface area contributed by atoms with Gasteiger partial charge in [-0.1, -0.05) is 46.8 Å². The molecule has 0 saturated carbocycles. The Morgan fingerprint density at radius 2 is 1.93 bits per heavy atom. The van der Waals surface area contributed by atoms with Gasteiger partial charge in [0.25, 0.3) is 0 Å². The van der Waals surface area contributed by atoms with Crippen molar-refractivity contribution in [3.05, 3.63) is 12.2 Å². The molecule has 0 spiro atoms. The lowest BCUT2D eigenvalue weighted by Gasteiger charge is -2.42. The minimum atomic E-state index is -0.414. The Balaban J connectivity index is 0.000000461. The van der Waals surface area contributed by atoms with Crippen LogP contribution in [0.15, 0.2) is 12.2 Å². The summed E-state index contributed by atoms with van der Waals surface area (Å²) >= 11 is 0. The van der Waals surface area contributed by atoms with Crippen molar-refractivity contribution in [1.29, 1.82) is 0 Å². The van der Waals surface area contributed by atoms with E-state index in [1.165, 1.54) is 12.0 Å². The van der Waals surface area contributed by atoms with E-state index in [0.29, 0.717) is 17.9 Å². The highest BCUT2D eigenvalue weighted by molar-refractivity contribution is 5.45. The minimum Gasteiger partial charge on any atom is -0.385 e. The van der Waals surface area contributed by atoms with E-state index in [9.17, 15) is 4.79 Å².